The van der Waals surface area contributed by atoms with Gasteiger partial charge in [0.25, 0.3) is 5.91 Å². The van der Waals surface area contributed by atoms with E-state index in [9.17, 15) is 14.7 Å². The van der Waals surface area contributed by atoms with Crippen LogP contribution in [-0.2, 0) is 17.8 Å². The summed E-state index contributed by atoms with van der Waals surface area (Å²) in [6.45, 7) is 6.87. The van der Waals surface area contributed by atoms with E-state index in [4.69, 9.17) is 4.74 Å². The molecule has 0 bridgehead atoms. The average Bonchev–Trinajstić information content (AvgIpc) is 3.69. The van der Waals surface area contributed by atoms with Crippen LogP contribution < -0.4 is 9.64 Å². The number of ether oxygens (including phenoxy) is 1. The second-order valence-corrected chi connectivity index (χ2v) is 11.9. The number of aromatic nitrogens is 2. The van der Waals surface area contributed by atoms with Crippen molar-refractivity contribution < 1.29 is 19.4 Å². The Kier molecular flexibility index (Phi) is 8.79. The summed E-state index contributed by atoms with van der Waals surface area (Å²) < 4.78 is 7.87. The molecule has 0 spiro atoms. The zero-order valence-corrected chi connectivity index (χ0v) is 25.5. The SMILES string of the molecule is Cc1cccc(OCCCC(=O)N2CCCc3c(-c4cnn(Cc5cccc(C(=O)N6CC[C@H](O)C6)c5)c4)cccc32)c1C. The largest absolute Gasteiger partial charge is 0.493 e. The number of rotatable bonds is 9. The van der Waals surface area contributed by atoms with Crippen LogP contribution in [0.1, 0.15) is 58.3 Å². The summed E-state index contributed by atoms with van der Waals surface area (Å²) in [7, 11) is 0. The van der Waals surface area contributed by atoms with Crippen LogP contribution in [0.2, 0.25) is 0 Å². The van der Waals surface area contributed by atoms with Crippen molar-refractivity contribution in [3.8, 4) is 16.9 Å². The number of hydrogen-bond donors (Lipinski definition) is 1. The van der Waals surface area contributed by atoms with Crippen LogP contribution in [0.3, 0.4) is 0 Å². The lowest BCUT2D eigenvalue weighted by Crippen LogP contribution is -2.35. The van der Waals surface area contributed by atoms with Gasteiger partial charge in [-0.25, -0.2) is 0 Å². The molecule has 3 aromatic carbocycles. The molecule has 0 unspecified atom stereocenters. The lowest BCUT2D eigenvalue weighted by Gasteiger charge is -2.31. The van der Waals surface area contributed by atoms with Gasteiger partial charge in [0, 0.05) is 49.1 Å². The summed E-state index contributed by atoms with van der Waals surface area (Å²) in [5.74, 6) is 0.963. The van der Waals surface area contributed by atoms with Gasteiger partial charge in [-0.1, -0.05) is 36.4 Å². The minimum absolute atomic E-state index is 0.0477. The number of carbonyl (C=O) groups is 2. The number of carbonyl (C=O) groups excluding carboxylic acids is 2. The topological polar surface area (TPSA) is 87.9 Å². The Balaban J connectivity index is 1.11. The number of aliphatic hydroxyl groups excluding tert-OH is 1. The normalized spacial score (nSPS) is 16.2. The number of amides is 2. The molecule has 1 fully saturated rings. The maximum absolute atomic E-state index is 13.3. The average molecular weight is 593 g/mol. The molecule has 2 aliphatic heterocycles. The van der Waals surface area contributed by atoms with Crippen LogP contribution in [0.25, 0.3) is 11.1 Å². The van der Waals surface area contributed by atoms with Crippen LogP contribution in [0, 0.1) is 13.8 Å². The van der Waals surface area contributed by atoms with E-state index in [0.29, 0.717) is 51.1 Å². The zero-order valence-electron chi connectivity index (χ0n) is 25.5. The van der Waals surface area contributed by atoms with Gasteiger partial charge in [0.05, 0.1) is 25.5 Å². The molecule has 1 aromatic heterocycles. The Morgan fingerprint density at radius 2 is 1.89 bits per heavy atom. The number of hydrogen-bond acceptors (Lipinski definition) is 5. The quantitative estimate of drug-likeness (QED) is 0.257. The van der Waals surface area contributed by atoms with Gasteiger partial charge in [0.15, 0.2) is 0 Å². The van der Waals surface area contributed by atoms with Crippen molar-refractivity contribution in [2.45, 2.75) is 58.6 Å². The highest BCUT2D eigenvalue weighted by molar-refractivity contribution is 5.96. The Morgan fingerprint density at radius 1 is 1.05 bits per heavy atom. The number of likely N-dealkylation sites (tertiary alicyclic amines) is 1. The fourth-order valence-corrected chi connectivity index (χ4v) is 6.26. The van der Waals surface area contributed by atoms with Crippen LogP contribution in [0.4, 0.5) is 5.69 Å². The predicted molar refractivity (Wildman–Crippen MR) is 171 cm³/mol. The van der Waals surface area contributed by atoms with Gasteiger partial charge < -0.3 is 19.6 Å². The maximum atomic E-state index is 13.3. The minimum atomic E-state index is -0.438. The second kappa shape index (κ2) is 13.1. The highest BCUT2D eigenvalue weighted by atomic mass is 16.5. The Hall–Kier alpha value is -4.43. The van der Waals surface area contributed by atoms with Crippen molar-refractivity contribution in [2.75, 3.05) is 31.1 Å². The van der Waals surface area contributed by atoms with E-state index in [-0.39, 0.29) is 11.8 Å². The van der Waals surface area contributed by atoms with Crippen molar-refractivity contribution in [2.24, 2.45) is 0 Å². The molecule has 8 nitrogen and oxygen atoms in total. The van der Waals surface area contributed by atoms with Gasteiger partial charge >= 0.3 is 0 Å². The van der Waals surface area contributed by atoms with E-state index in [0.717, 1.165) is 53.1 Å². The number of benzene rings is 3. The number of aryl methyl sites for hydroxylation is 1. The molecule has 1 saturated heterocycles. The fraction of sp³-hybridized carbons (Fsp3) is 0.361. The molecule has 1 N–H and O–H groups in total. The molecule has 2 amide bonds. The number of anilines is 1. The van der Waals surface area contributed by atoms with Gasteiger partial charge in [0.1, 0.15) is 5.75 Å². The first-order chi connectivity index (χ1) is 21.4. The molecule has 2 aliphatic rings. The number of aliphatic hydroxyl groups is 1. The number of β-amino-alcohol motifs (C(OH)–C–C–N with tert-alkyl or cyclic N) is 1. The van der Waals surface area contributed by atoms with Crippen LogP contribution >= 0.6 is 0 Å². The molecule has 0 radical (unpaired) electrons. The molecule has 6 rings (SSSR count). The standard InChI is InChI=1S/C36H40N4O4/c1-25-8-3-14-34(26(25)2)44-19-7-15-35(42)40-17-6-12-32-31(11-5-13-33(32)40)29-21-37-39(23-29)22-27-9-4-10-28(20-27)36(43)38-18-16-30(41)24-38/h3-5,8-11,13-14,20-21,23,30,41H,6-7,12,15-19,22,24H2,1-2H3/t30-/m0/s1. The van der Waals surface area contributed by atoms with Crippen molar-refractivity contribution in [1.29, 1.82) is 0 Å². The third-order valence-corrected chi connectivity index (χ3v) is 8.81. The van der Waals surface area contributed by atoms with E-state index in [1.54, 1.807) is 4.90 Å². The summed E-state index contributed by atoms with van der Waals surface area (Å²) in [6, 6.07) is 19.9. The maximum Gasteiger partial charge on any atom is 0.253 e. The van der Waals surface area contributed by atoms with Gasteiger partial charge in [0.2, 0.25) is 5.91 Å². The monoisotopic (exact) mass is 592 g/mol. The summed E-state index contributed by atoms with van der Waals surface area (Å²) in [4.78, 5) is 29.9. The van der Waals surface area contributed by atoms with Gasteiger partial charge in [-0.2, -0.15) is 5.10 Å². The minimum Gasteiger partial charge on any atom is -0.493 e. The molecule has 0 saturated carbocycles. The molecule has 228 valence electrons. The summed E-state index contributed by atoms with van der Waals surface area (Å²) in [5, 5.41) is 14.5. The van der Waals surface area contributed by atoms with Crippen molar-refractivity contribution >= 4 is 17.5 Å². The Labute approximate surface area is 258 Å². The smallest absolute Gasteiger partial charge is 0.253 e. The lowest BCUT2D eigenvalue weighted by molar-refractivity contribution is -0.118. The number of fused-ring (bicyclic) bond motifs is 1. The third kappa shape index (κ3) is 6.40. The molecule has 1 atom stereocenters. The molecule has 44 heavy (non-hydrogen) atoms. The van der Waals surface area contributed by atoms with E-state index >= 15 is 0 Å². The van der Waals surface area contributed by atoms with Crippen molar-refractivity contribution in [3.63, 3.8) is 0 Å². The van der Waals surface area contributed by atoms with Crippen molar-refractivity contribution in [3.05, 3.63) is 101 Å². The molecule has 8 heteroatoms. The fourth-order valence-electron chi connectivity index (χ4n) is 6.26. The molecule has 4 aromatic rings. The summed E-state index contributed by atoms with van der Waals surface area (Å²) >= 11 is 0. The highest BCUT2D eigenvalue weighted by Gasteiger charge is 2.26. The van der Waals surface area contributed by atoms with E-state index in [1.807, 2.05) is 64.4 Å². The first-order valence-corrected chi connectivity index (χ1v) is 15.6. The molecule has 3 heterocycles. The van der Waals surface area contributed by atoms with Crippen molar-refractivity contribution in [1.82, 2.24) is 14.7 Å². The second-order valence-electron chi connectivity index (χ2n) is 11.9. The third-order valence-electron chi connectivity index (χ3n) is 8.81. The van der Waals surface area contributed by atoms with Gasteiger partial charge in [-0.15, -0.1) is 0 Å². The predicted octanol–water partition coefficient (Wildman–Crippen LogP) is 5.56. The molecule has 0 aliphatic carbocycles. The van der Waals surface area contributed by atoms with E-state index in [2.05, 4.69) is 37.1 Å². The van der Waals surface area contributed by atoms with Crippen LogP contribution in [0.5, 0.6) is 5.75 Å². The lowest BCUT2D eigenvalue weighted by atomic mass is 9.93. The van der Waals surface area contributed by atoms with Crippen LogP contribution in [0.15, 0.2) is 73.1 Å². The zero-order chi connectivity index (χ0) is 30.6. The summed E-state index contributed by atoms with van der Waals surface area (Å²) in [5.41, 5.74) is 8.23. The van der Waals surface area contributed by atoms with E-state index in [1.165, 1.54) is 11.1 Å². The van der Waals surface area contributed by atoms with E-state index < -0.39 is 6.10 Å². The highest BCUT2D eigenvalue weighted by Crippen LogP contribution is 2.36. The van der Waals surface area contributed by atoms with Gasteiger partial charge in [-0.3, -0.25) is 14.3 Å². The Bertz CT molecular complexity index is 1660. The van der Waals surface area contributed by atoms with Gasteiger partial charge in [-0.05, 0) is 91.6 Å². The molecular weight excluding hydrogens is 552 g/mol. The first-order valence-electron chi connectivity index (χ1n) is 15.6. The number of nitrogens with zero attached hydrogens (tertiary/aromatic N) is 4. The molecular formula is C36H40N4O4. The Morgan fingerprint density at radius 3 is 2.73 bits per heavy atom. The first kappa shape index (κ1) is 29.6. The van der Waals surface area contributed by atoms with Crippen LogP contribution in [-0.4, -0.2) is 63.9 Å². The summed E-state index contributed by atoms with van der Waals surface area (Å²) in [6.07, 6.45) is 7.02.